The summed E-state index contributed by atoms with van der Waals surface area (Å²) >= 11 is 0.637. The number of hydrazine groups is 1. The number of thiophene rings is 1. The maximum absolute atomic E-state index is 11.9. The third-order valence-electron chi connectivity index (χ3n) is 1.97. The summed E-state index contributed by atoms with van der Waals surface area (Å²) in [6.45, 7) is 0. The average Bonchev–Trinajstić information content (AvgIpc) is 2.95. The zero-order valence-electron chi connectivity index (χ0n) is 9.06. The molecule has 0 unspecified atom stereocenters. The Morgan fingerprint density at radius 3 is 2.74 bits per heavy atom. The summed E-state index contributed by atoms with van der Waals surface area (Å²) in [5, 5.41) is 14.0. The van der Waals surface area contributed by atoms with Crippen LogP contribution in [0.4, 0.5) is 16.4 Å². The fraction of sp³-hybridized carbons (Fsp3) is 0. The molecule has 12 heteroatoms. The Morgan fingerprint density at radius 1 is 1.53 bits per heavy atom. The predicted molar refractivity (Wildman–Crippen MR) is 66.1 cm³/mol. The summed E-state index contributed by atoms with van der Waals surface area (Å²) in [5.41, 5.74) is 1.77. The Kier molecular flexibility index (Phi) is 3.37. The summed E-state index contributed by atoms with van der Waals surface area (Å²) in [7, 11) is -3.96. The first-order valence-corrected chi connectivity index (χ1v) is 6.91. The van der Waals surface area contributed by atoms with Gasteiger partial charge in [-0.2, -0.15) is 0 Å². The fourth-order valence-corrected chi connectivity index (χ4v) is 3.45. The molecular formula is C7H7N5O5S2. The number of hydrogen-bond acceptors (Lipinski definition) is 9. The minimum absolute atomic E-state index is 0.0595. The van der Waals surface area contributed by atoms with Gasteiger partial charge >= 0.3 is 5.69 Å². The fourth-order valence-electron chi connectivity index (χ4n) is 1.19. The summed E-state index contributed by atoms with van der Waals surface area (Å²) in [4.78, 5) is 9.98. The lowest BCUT2D eigenvalue weighted by Gasteiger charge is -2.00. The van der Waals surface area contributed by atoms with E-state index in [9.17, 15) is 18.5 Å². The van der Waals surface area contributed by atoms with Gasteiger partial charge in [0.25, 0.3) is 10.0 Å². The molecule has 0 fully saturated rings. The van der Waals surface area contributed by atoms with Gasteiger partial charge in [-0.25, -0.2) is 14.3 Å². The van der Waals surface area contributed by atoms with E-state index < -0.39 is 20.6 Å². The number of nitro groups is 1. The molecule has 4 N–H and O–H groups in total. The van der Waals surface area contributed by atoms with Crippen LogP contribution in [0.5, 0.6) is 0 Å². The predicted octanol–water partition coefficient (Wildman–Crippen LogP) is 0.731. The Hall–Kier alpha value is -2.18. The van der Waals surface area contributed by atoms with Crippen molar-refractivity contribution in [2.75, 3.05) is 10.1 Å². The van der Waals surface area contributed by atoms with Gasteiger partial charge in [0, 0.05) is 6.07 Å². The van der Waals surface area contributed by atoms with E-state index >= 15 is 0 Å². The quantitative estimate of drug-likeness (QED) is 0.415. The molecule has 19 heavy (non-hydrogen) atoms. The smallest absolute Gasteiger partial charge is 0.306 e. The van der Waals surface area contributed by atoms with Crippen LogP contribution in [0.3, 0.4) is 0 Å². The molecule has 0 aliphatic carbocycles. The lowest BCUT2D eigenvalue weighted by molar-refractivity contribution is -0.383. The van der Waals surface area contributed by atoms with E-state index in [1.165, 1.54) is 0 Å². The minimum atomic E-state index is -3.96. The molecule has 0 saturated carbocycles. The lowest BCUT2D eigenvalue weighted by atomic mass is 10.5. The third-order valence-corrected chi connectivity index (χ3v) is 4.88. The van der Waals surface area contributed by atoms with Crippen LogP contribution in [-0.2, 0) is 10.0 Å². The van der Waals surface area contributed by atoms with E-state index in [0.717, 1.165) is 18.5 Å². The molecule has 0 radical (unpaired) electrons. The molecule has 0 aromatic carbocycles. The van der Waals surface area contributed by atoms with Crippen LogP contribution in [0.25, 0.3) is 0 Å². The number of nitrogens with two attached hydrogens (primary N) is 1. The standard InChI is InChI=1S/C7H7N5O5S2/c8-10-7-5(12(13)14)1-6(18-7)19(15,16)11-4-2-9-17-3-4/h1-3,10-11H,8H2. The summed E-state index contributed by atoms with van der Waals surface area (Å²) in [6, 6.07) is 0.912. The average molecular weight is 305 g/mol. The highest BCUT2D eigenvalue weighted by Gasteiger charge is 2.26. The molecular weight excluding hydrogens is 298 g/mol. The summed E-state index contributed by atoms with van der Waals surface area (Å²) in [5.74, 6) is 5.10. The van der Waals surface area contributed by atoms with E-state index in [-0.39, 0.29) is 14.9 Å². The Balaban J connectivity index is 2.38. The van der Waals surface area contributed by atoms with Crippen LogP contribution in [-0.4, -0.2) is 18.5 Å². The van der Waals surface area contributed by atoms with Crippen molar-refractivity contribution in [2.24, 2.45) is 5.84 Å². The summed E-state index contributed by atoms with van der Waals surface area (Å²) < 4.78 is 30.3. The van der Waals surface area contributed by atoms with Crippen molar-refractivity contribution in [3.8, 4) is 0 Å². The van der Waals surface area contributed by atoms with Crippen LogP contribution in [0.1, 0.15) is 0 Å². The molecule has 2 heterocycles. The largest absolute Gasteiger partial charge is 0.362 e. The maximum Gasteiger partial charge on any atom is 0.306 e. The Labute approximate surface area is 110 Å². The zero-order chi connectivity index (χ0) is 14.0. The topological polar surface area (TPSA) is 153 Å². The number of sulfonamides is 1. The van der Waals surface area contributed by atoms with Crippen molar-refractivity contribution in [2.45, 2.75) is 4.21 Å². The highest BCUT2D eigenvalue weighted by Crippen LogP contribution is 2.36. The maximum atomic E-state index is 11.9. The van der Waals surface area contributed by atoms with Crippen LogP contribution >= 0.6 is 11.3 Å². The number of rotatable bonds is 5. The lowest BCUT2D eigenvalue weighted by Crippen LogP contribution is -2.10. The van der Waals surface area contributed by atoms with E-state index in [2.05, 4.69) is 19.8 Å². The van der Waals surface area contributed by atoms with Crippen molar-refractivity contribution in [1.82, 2.24) is 5.16 Å². The van der Waals surface area contributed by atoms with Gasteiger partial charge in [0.2, 0.25) is 0 Å². The van der Waals surface area contributed by atoms with Gasteiger partial charge < -0.3 is 9.95 Å². The second-order valence-electron chi connectivity index (χ2n) is 3.20. The number of nitrogens with one attached hydrogen (secondary N) is 2. The zero-order valence-corrected chi connectivity index (χ0v) is 10.7. The molecule has 102 valence electrons. The molecule has 2 rings (SSSR count). The van der Waals surface area contributed by atoms with Crippen molar-refractivity contribution in [3.63, 3.8) is 0 Å². The molecule has 0 atom stereocenters. The van der Waals surface area contributed by atoms with Crippen LogP contribution in [0, 0.1) is 10.1 Å². The van der Waals surface area contributed by atoms with Crippen molar-refractivity contribution in [3.05, 3.63) is 28.6 Å². The van der Waals surface area contributed by atoms with Gasteiger partial charge in [-0.1, -0.05) is 16.5 Å². The van der Waals surface area contributed by atoms with Gasteiger partial charge in [0.15, 0.2) is 5.00 Å². The first-order valence-electron chi connectivity index (χ1n) is 4.61. The SMILES string of the molecule is NNc1sc(S(=O)(=O)Nc2cnoc2)cc1[N+](=O)[O-]. The van der Waals surface area contributed by atoms with Crippen molar-refractivity contribution >= 4 is 37.7 Å². The number of nitrogen functional groups attached to an aromatic ring is 1. The first-order chi connectivity index (χ1) is 8.94. The highest BCUT2D eigenvalue weighted by atomic mass is 32.2. The molecule has 2 aromatic heterocycles. The van der Waals surface area contributed by atoms with Crippen molar-refractivity contribution in [1.29, 1.82) is 0 Å². The van der Waals surface area contributed by atoms with Crippen LogP contribution in [0.2, 0.25) is 0 Å². The van der Waals surface area contributed by atoms with E-state index in [4.69, 9.17) is 5.84 Å². The minimum Gasteiger partial charge on any atom is -0.362 e. The van der Waals surface area contributed by atoms with Gasteiger partial charge in [0.05, 0.1) is 11.1 Å². The van der Waals surface area contributed by atoms with E-state index in [1.807, 2.05) is 0 Å². The number of anilines is 2. The number of hydrogen-bond donors (Lipinski definition) is 3. The second-order valence-corrected chi connectivity index (χ2v) is 6.16. The number of aromatic nitrogens is 1. The summed E-state index contributed by atoms with van der Waals surface area (Å²) in [6.07, 6.45) is 2.24. The van der Waals surface area contributed by atoms with E-state index in [1.54, 1.807) is 0 Å². The van der Waals surface area contributed by atoms with Gasteiger partial charge in [-0.05, 0) is 0 Å². The normalized spacial score (nSPS) is 11.2. The first kappa shape index (κ1) is 13.3. The number of nitrogens with zero attached hydrogens (tertiary/aromatic N) is 2. The van der Waals surface area contributed by atoms with Gasteiger partial charge in [0.1, 0.15) is 16.2 Å². The Morgan fingerprint density at radius 2 is 2.26 bits per heavy atom. The molecule has 0 spiro atoms. The molecule has 2 aromatic rings. The van der Waals surface area contributed by atoms with Gasteiger partial charge in [-0.3, -0.25) is 14.8 Å². The molecule has 0 amide bonds. The second kappa shape index (κ2) is 4.83. The monoisotopic (exact) mass is 305 g/mol. The van der Waals surface area contributed by atoms with Gasteiger partial charge in [-0.15, -0.1) is 0 Å². The molecule has 10 nitrogen and oxygen atoms in total. The van der Waals surface area contributed by atoms with Crippen LogP contribution < -0.4 is 16.0 Å². The molecule has 0 saturated heterocycles. The van der Waals surface area contributed by atoms with Crippen molar-refractivity contribution < 1.29 is 17.9 Å². The highest BCUT2D eigenvalue weighted by molar-refractivity contribution is 7.94. The third kappa shape index (κ3) is 2.64. The van der Waals surface area contributed by atoms with E-state index in [0.29, 0.717) is 11.3 Å². The molecule has 0 bridgehead atoms. The molecule has 0 aliphatic rings. The van der Waals surface area contributed by atoms with Crippen LogP contribution in [0.15, 0.2) is 27.3 Å². The molecule has 0 aliphatic heterocycles. The Bertz CT molecular complexity index is 692.